The van der Waals surface area contributed by atoms with E-state index < -0.39 is 0 Å². The minimum absolute atomic E-state index is 0.0321. The summed E-state index contributed by atoms with van der Waals surface area (Å²) >= 11 is 0. The van der Waals surface area contributed by atoms with Crippen molar-refractivity contribution in [2.45, 2.75) is 25.9 Å². The van der Waals surface area contributed by atoms with Crippen molar-refractivity contribution in [3.8, 4) is 11.5 Å². The topological polar surface area (TPSA) is 68.5 Å². The van der Waals surface area contributed by atoms with Crippen LogP contribution in [0.5, 0.6) is 11.5 Å². The van der Waals surface area contributed by atoms with Crippen LogP contribution in [0.4, 0.5) is 0 Å². The first-order chi connectivity index (χ1) is 15.6. The molecule has 0 amide bonds. The quantitative estimate of drug-likeness (QED) is 0.538. The maximum atomic E-state index is 5.45. The fourth-order valence-electron chi connectivity index (χ4n) is 4.19. The van der Waals surface area contributed by atoms with Crippen molar-refractivity contribution >= 4 is 0 Å². The highest BCUT2D eigenvalue weighted by molar-refractivity contribution is 5.42. The van der Waals surface area contributed by atoms with Gasteiger partial charge in [-0.3, -0.25) is 4.90 Å². The number of benzene rings is 2. The van der Waals surface area contributed by atoms with Gasteiger partial charge in [0, 0.05) is 32.7 Å². The maximum Gasteiger partial charge on any atom is 0.173 e. The van der Waals surface area contributed by atoms with Crippen LogP contribution >= 0.6 is 0 Å². The molecule has 0 saturated carbocycles. The van der Waals surface area contributed by atoms with Gasteiger partial charge in [0.2, 0.25) is 0 Å². The second-order valence-corrected chi connectivity index (χ2v) is 8.35. The van der Waals surface area contributed by atoms with Gasteiger partial charge in [-0.1, -0.05) is 35.9 Å². The Labute approximate surface area is 189 Å². The van der Waals surface area contributed by atoms with Crippen molar-refractivity contribution in [1.82, 2.24) is 30.0 Å². The van der Waals surface area contributed by atoms with Crippen LogP contribution in [0.1, 0.15) is 28.6 Å². The van der Waals surface area contributed by atoms with Gasteiger partial charge in [0.05, 0.1) is 20.3 Å². The monoisotopic (exact) mass is 436 g/mol. The van der Waals surface area contributed by atoms with Crippen molar-refractivity contribution < 1.29 is 9.47 Å². The largest absolute Gasteiger partial charge is 0.493 e. The minimum atomic E-state index is 0.0321. The number of hydrogen-bond donors (Lipinski definition) is 0. The molecule has 1 saturated heterocycles. The van der Waals surface area contributed by atoms with E-state index in [2.05, 4.69) is 69.6 Å². The van der Waals surface area contributed by atoms with Crippen LogP contribution in [-0.4, -0.2) is 77.5 Å². The third-order valence-corrected chi connectivity index (χ3v) is 6.16. The number of tetrazole rings is 1. The molecule has 32 heavy (non-hydrogen) atoms. The van der Waals surface area contributed by atoms with Crippen LogP contribution in [-0.2, 0) is 13.0 Å². The van der Waals surface area contributed by atoms with Gasteiger partial charge in [-0.25, -0.2) is 4.68 Å². The zero-order valence-electron chi connectivity index (χ0n) is 19.4. The molecule has 2 aromatic carbocycles. The summed E-state index contributed by atoms with van der Waals surface area (Å²) in [6.45, 7) is 6.84. The van der Waals surface area contributed by atoms with E-state index in [0.717, 1.165) is 55.5 Å². The van der Waals surface area contributed by atoms with Gasteiger partial charge in [-0.05, 0) is 54.1 Å². The Balaban J connectivity index is 1.58. The highest BCUT2D eigenvalue weighted by atomic mass is 16.5. The molecule has 3 aromatic rings. The van der Waals surface area contributed by atoms with Crippen LogP contribution in [0.2, 0.25) is 0 Å². The van der Waals surface area contributed by atoms with Gasteiger partial charge in [0.15, 0.2) is 17.3 Å². The van der Waals surface area contributed by atoms with Crippen molar-refractivity contribution in [3.63, 3.8) is 0 Å². The zero-order chi connectivity index (χ0) is 22.5. The van der Waals surface area contributed by atoms with Crippen LogP contribution in [0.15, 0.2) is 42.5 Å². The van der Waals surface area contributed by atoms with Crippen molar-refractivity contribution in [3.05, 3.63) is 65.0 Å². The van der Waals surface area contributed by atoms with Gasteiger partial charge in [-0.15, -0.1) is 5.10 Å². The molecule has 0 unspecified atom stereocenters. The number of rotatable bonds is 8. The normalized spacial score (nSPS) is 16.1. The summed E-state index contributed by atoms with van der Waals surface area (Å²) in [6, 6.07) is 14.8. The fraction of sp³-hybridized carbons (Fsp3) is 0.458. The average molecular weight is 437 g/mol. The molecule has 2 heterocycles. The van der Waals surface area contributed by atoms with Crippen LogP contribution in [0, 0.1) is 6.92 Å². The number of methoxy groups -OCH3 is 2. The predicted molar refractivity (Wildman–Crippen MR) is 123 cm³/mol. The Morgan fingerprint density at radius 2 is 1.66 bits per heavy atom. The van der Waals surface area contributed by atoms with E-state index in [0.29, 0.717) is 6.54 Å². The second kappa shape index (κ2) is 10.1. The number of aromatic nitrogens is 4. The summed E-state index contributed by atoms with van der Waals surface area (Å²) in [5, 5.41) is 12.9. The third-order valence-electron chi connectivity index (χ3n) is 6.16. The van der Waals surface area contributed by atoms with E-state index in [1.807, 2.05) is 16.8 Å². The average Bonchev–Trinajstić information content (AvgIpc) is 3.28. The molecule has 170 valence electrons. The maximum absolute atomic E-state index is 5.45. The summed E-state index contributed by atoms with van der Waals surface area (Å²) in [7, 11) is 5.48. The lowest BCUT2D eigenvalue weighted by Crippen LogP contribution is -2.46. The van der Waals surface area contributed by atoms with Crippen molar-refractivity contribution in [2.24, 2.45) is 0 Å². The lowest BCUT2D eigenvalue weighted by Gasteiger charge is -2.37. The van der Waals surface area contributed by atoms with Crippen LogP contribution in [0.25, 0.3) is 0 Å². The first-order valence-corrected chi connectivity index (χ1v) is 11.0. The molecule has 1 fully saturated rings. The molecular formula is C24H32N6O2. The number of likely N-dealkylation sites (N-methyl/N-ethyl adjacent to an activating group) is 1. The molecule has 1 atom stereocenters. The number of aryl methyl sites for hydroxylation is 3. The summed E-state index contributed by atoms with van der Waals surface area (Å²) in [4.78, 5) is 4.85. The van der Waals surface area contributed by atoms with Crippen molar-refractivity contribution in [2.75, 3.05) is 47.4 Å². The summed E-state index contributed by atoms with van der Waals surface area (Å²) in [6.07, 6.45) is 0.793. The van der Waals surface area contributed by atoms with Gasteiger partial charge in [0.1, 0.15) is 0 Å². The van der Waals surface area contributed by atoms with E-state index in [9.17, 15) is 0 Å². The Morgan fingerprint density at radius 3 is 2.34 bits per heavy atom. The molecule has 8 nitrogen and oxygen atoms in total. The zero-order valence-corrected chi connectivity index (χ0v) is 19.4. The Bertz CT molecular complexity index is 1010. The lowest BCUT2D eigenvalue weighted by atomic mass is 10.0. The highest BCUT2D eigenvalue weighted by Gasteiger charge is 2.29. The Kier molecular flexibility index (Phi) is 7.02. The lowest BCUT2D eigenvalue weighted by molar-refractivity contribution is 0.121. The summed E-state index contributed by atoms with van der Waals surface area (Å²) in [5.74, 6) is 2.35. The van der Waals surface area contributed by atoms with Gasteiger partial charge in [0.25, 0.3) is 0 Å². The number of hydrogen-bond acceptors (Lipinski definition) is 7. The minimum Gasteiger partial charge on any atom is -0.493 e. The molecular weight excluding hydrogens is 404 g/mol. The molecule has 4 rings (SSSR count). The number of ether oxygens (including phenoxy) is 2. The van der Waals surface area contributed by atoms with E-state index in [-0.39, 0.29) is 6.04 Å². The SMILES string of the molecule is COc1ccc(CCn2nnnc2[C@H](c2ccc(C)cc2)N2CCN(C)CC2)cc1OC. The molecule has 1 aliphatic rings. The number of piperazine rings is 1. The molecule has 0 bridgehead atoms. The third kappa shape index (κ3) is 4.92. The Morgan fingerprint density at radius 1 is 0.938 bits per heavy atom. The number of nitrogens with zero attached hydrogens (tertiary/aromatic N) is 6. The molecule has 8 heteroatoms. The van der Waals surface area contributed by atoms with Gasteiger partial charge < -0.3 is 14.4 Å². The van der Waals surface area contributed by atoms with Crippen molar-refractivity contribution in [1.29, 1.82) is 0 Å². The first kappa shape index (κ1) is 22.2. The summed E-state index contributed by atoms with van der Waals surface area (Å²) in [5.41, 5.74) is 3.62. The molecule has 0 radical (unpaired) electrons. The van der Waals surface area contributed by atoms with E-state index in [4.69, 9.17) is 9.47 Å². The predicted octanol–water partition coefficient (Wildman–Crippen LogP) is 2.58. The highest BCUT2D eigenvalue weighted by Crippen LogP contribution is 2.30. The van der Waals surface area contributed by atoms with Crippen LogP contribution < -0.4 is 9.47 Å². The first-order valence-electron chi connectivity index (χ1n) is 11.0. The molecule has 1 aliphatic heterocycles. The molecule has 0 N–H and O–H groups in total. The Hall–Kier alpha value is -2.97. The van der Waals surface area contributed by atoms with E-state index >= 15 is 0 Å². The van der Waals surface area contributed by atoms with E-state index in [1.54, 1.807) is 14.2 Å². The van der Waals surface area contributed by atoms with Gasteiger partial charge in [-0.2, -0.15) is 0 Å². The fourth-order valence-corrected chi connectivity index (χ4v) is 4.19. The smallest absolute Gasteiger partial charge is 0.173 e. The summed E-state index contributed by atoms with van der Waals surface area (Å²) < 4.78 is 12.7. The van der Waals surface area contributed by atoms with E-state index in [1.165, 1.54) is 11.1 Å². The second-order valence-electron chi connectivity index (χ2n) is 8.35. The standard InChI is InChI=1S/C24H32N6O2/c1-18-5-8-20(9-6-18)23(29-15-13-28(2)14-16-29)24-25-26-27-30(24)12-11-19-7-10-21(31-3)22(17-19)32-4/h5-10,17,23H,11-16H2,1-4H3/t23-/m0/s1. The molecule has 0 aliphatic carbocycles. The van der Waals surface area contributed by atoms with Crippen LogP contribution in [0.3, 0.4) is 0 Å². The van der Waals surface area contributed by atoms with Gasteiger partial charge >= 0.3 is 0 Å². The molecule has 0 spiro atoms. The molecule has 1 aromatic heterocycles.